The molecule has 0 amide bonds. The van der Waals surface area contributed by atoms with Crippen LogP contribution in [0.25, 0.3) is 44.2 Å². The van der Waals surface area contributed by atoms with Crippen molar-refractivity contribution in [1.29, 1.82) is 0 Å². The van der Waals surface area contributed by atoms with Crippen molar-refractivity contribution in [3.63, 3.8) is 0 Å². The molecule has 2 aromatic heterocycles. The van der Waals surface area contributed by atoms with Gasteiger partial charge in [-0.05, 0) is 12.1 Å². The van der Waals surface area contributed by atoms with E-state index in [2.05, 4.69) is 48.5 Å². The summed E-state index contributed by atoms with van der Waals surface area (Å²) >= 11 is 0. The number of benzene rings is 2. The van der Waals surface area contributed by atoms with Crippen LogP contribution in [-0.4, -0.2) is 0 Å². The molecule has 0 saturated carbocycles. The quantitative estimate of drug-likeness (QED) is 0.278. The zero-order valence-electron chi connectivity index (χ0n) is 16.5. The van der Waals surface area contributed by atoms with E-state index in [9.17, 15) is 0 Å². The number of hydrogen-bond acceptors (Lipinski definition) is 2. The van der Waals surface area contributed by atoms with E-state index in [1.807, 2.05) is 48.5 Å². The van der Waals surface area contributed by atoms with Gasteiger partial charge in [0.1, 0.15) is 0 Å². The van der Waals surface area contributed by atoms with Crippen LogP contribution < -0.4 is 24.8 Å². The predicted octanol–water partition coefficient (Wildman–Crippen LogP) is 1.64. The maximum atomic E-state index is 5.35. The van der Waals surface area contributed by atoms with Gasteiger partial charge < -0.3 is 33.6 Å². The summed E-state index contributed by atoms with van der Waals surface area (Å²) in [7, 11) is 0. The first-order valence-electron chi connectivity index (χ1n) is 9.25. The number of halogens is 2. The third kappa shape index (κ3) is 5.41. The van der Waals surface area contributed by atoms with E-state index >= 15 is 0 Å². The molecule has 0 aliphatic rings. The first-order chi connectivity index (χ1) is 13.9. The summed E-state index contributed by atoms with van der Waals surface area (Å²) in [5, 5.41) is 5.05. The van der Waals surface area contributed by atoms with E-state index in [1.54, 1.807) is 12.5 Å². The van der Waals surface area contributed by atoms with Gasteiger partial charge in [-0.25, -0.2) is 0 Å². The Morgan fingerprint density at radius 2 is 0.935 bits per heavy atom. The van der Waals surface area contributed by atoms with Crippen LogP contribution in [0.4, 0.5) is 0 Å². The molecule has 2 nitrogen and oxygen atoms in total. The van der Waals surface area contributed by atoms with Crippen LogP contribution in [0.5, 0.6) is 0 Å². The Balaban J connectivity index is 0.000000201. The van der Waals surface area contributed by atoms with Crippen LogP contribution in [0.15, 0.2) is 118 Å². The number of furan rings is 2. The van der Waals surface area contributed by atoms with Gasteiger partial charge in [0.25, 0.3) is 0 Å². The predicted molar refractivity (Wildman–Crippen MR) is 114 cm³/mol. The van der Waals surface area contributed by atoms with Gasteiger partial charge in [0, 0.05) is 0 Å². The minimum Gasteiger partial charge on any atom is -1.00 e. The standard InChI is InChI=1S/2C13H9O.2ClH.Ti/c2*1-2-5-11-9-12(8-10(11)4-1)13-6-3-7-14-13;;;/h2*1-9H;2*1H;/q2*-1;;;+4/p-2. The van der Waals surface area contributed by atoms with Crippen molar-refractivity contribution in [3.8, 4) is 22.6 Å². The molecular formula is C26H18Cl2O2Ti. The third-order valence-corrected chi connectivity index (χ3v) is 4.85. The molecule has 5 heteroatoms. The molecule has 6 rings (SSSR count). The molecule has 2 heterocycles. The zero-order valence-corrected chi connectivity index (χ0v) is 19.5. The first kappa shape index (κ1) is 24.8. The van der Waals surface area contributed by atoms with Crippen molar-refractivity contribution in [3.05, 3.63) is 110 Å². The topological polar surface area (TPSA) is 26.3 Å². The van der Waals surface area contributed by atoms with Crippen LogP contribution in [0, 0.1) is 0 Å². The van der Waals surface area contributed by atoms with E-state index < -0.39 is 0 Å². The second-order valence-corrected chi connectivity index (χ2v) is 6.70. The van der Waals surface area contributed by atoms with Crippen LogP contribution in [0.2, 0.25) is 0 Å². The fraction of sp³-hybridized carbons (Fsp3) is 0. The fourth-order valence-corrected chi connectivity index (χ4v) is 3.47. The molecule has 0 fully saturated rings. The van der Waals surface area contributed by atoms with Gasteiger partial charge in [0.2, 0.25) is 0 Å². The molecule has 0 N–H and O–H groups in total. The van der Waals surface area contributed by atoms with E-state index in [1.165, 1.54) is 21.5 Å². The second kappa shape index (κ2) is 11.2. The molecule has 0 radical (unpaired) electrons. The van der Waals surface area contributed by atoms with Crippen LogP contribution in [0.3, 0.4) is 0 Å². The van der Waals surface area contributed by atoms with Crippen molar-refractivity contribution in [2.24, 2.45) is 0 Å². The number of hydrogen-bond donors (Lipinski definition) is 0. The molecule has 0 unspecified atom stereocenters. The van der Waals surface area contributed by atoms with Crippen molar-refractivity contribution in [2.45, 2.75) is 0 Å². The normalized spacial score (nSPS) is 9.81. The molecule has 152 valence electrons. The van der Waals surface area contributed by atoms with Crippen molar-refractivity contribution >= 4 is 21.5 Å². The van der Waals surface area contributed by atoms with Gasteiger partial charge in [-0.15, -0.1) is 57.9 Å². The molecule has 0 aliphatic heterocycles. The molecular weight excluding hydrogens is 463 g/mol. The summed E-state index contributed by atoms with van der Waals surface area (Å²) in [5.74, 6) is 1.86. The summed E-state index contributed by atoms with van der Waals surface area (Å²) in [6.45, 7) is 0. The Hall–Kier alpha value is -2.49. The molecule has 0 atom stereocenters. The van der Waals surface area contributed by atoms with Crippen LogP contribution in [-0.2, 0) is 21.7 Å². The van der Waals surface area contributed by atoms with Gasteiger partial charge in [0.15, 0.2) is 0 Å². The second-order valence-electron chi connectivity index (χ2n) is 6.70. The van der Waals surface area contributed by atoms with Crippen molar-refractivity contribution in [2.75, 3.05) is 0 Å². The molecule has 0 bridgehead atoms. The summed E-state index contributed by atoms with van der Waals surface area (Å²) < 4.78 is 10.7. The zero-order chi connectivity index (χ0) is 18.8. The van der Waals surface area contributed by atoms with Crippen molar-refractivity contribution in [1.82, 2.24) is 0 Å². The van der Waals surface area contributed by atoms with Gasteiger partial charge in [-0.2, -0.15) is 0 Å². The first-order valence-corrected chi connectivity index (χ1v) is 9.25. The molecule has 0 saturated heterocycles. The Morgan fingerprint density at radius 3 is 1.29 bits per heavy atom. The third-order valence-electron chi connectivity index (χ3n) is 4.85. The SMILES string of the molecule is [Cl-].[Cl-].[Ti+4].c1coc(-c2cc3ccccc3[cH-]2)c1.c1coc(-c2cc3ccccc3[cH-]2)c1. The molecule has 0 spiro atoms. The van der Waals surface area contributed by atoms with Gasteiger partial charge in [-0.3, -0.25) is 0 Å². The van der Waals surface area contributed by atoms with E-state index in [-0.39, 0.29) is 46.5 Å². The number of rotatable bonds is 2. The Morgan fingerprint density at radius 1 is 0.516 bits per heavy atom. The Bertz CT molecular complexity index is 1140. The maximum absolute atomic E-state index is 5.35. The summed E-state index contributed by atoms with van der Waals surface area (Å²) in [5.41, 5.74) is 2.30. The summed E-state index contributed by atoms with van der Waals surface area (Å²) in [6.07, 6.45) is 3.40. The summed E-state index contributed by atoms with van der Waals surface area (Å²) in [6, 6.07) is 33.0. The van der Waals surface area contributed by atoms with Gasteiger partial charge in [-0.1, -0.05) is 59.7 Å². The monoisotopic (exact) mass is 480 g/mol. The average molecular weight is 481 g/mol. The number of fused-ring (bicyclic) bond motifs is 2. The van der Waals surface area contributed by atoms with Gasteiger partial charge >= 0.3 is 21.7 Å². The van der Waals surface area contributed by atoms with Crippen LogP contribution >= 0.6 is 0 Å². The van der Waals surface area contributed by atoms with Gasteiger partial charge in [0.05, 0.1) is 24.0 Å². The minimum atomic E-state index is 0. The fourth-order valence-electron chi connectivity index (χ4n) is 3.47. The largest absolute Gasteiger partial charge is 4.00 e. The minimum absolute atomic E-state index is 0. The molecule has 4 aromatic carbocycles. The van der Waals surface area contributed by atoms with E-state index in [0.717, 1.165) is 22.6 Å². The summed E-state index contributed by atoms with van der Waals surface area (Å²) in [4.78, 5) is 0. The average Bonchev–Trinajstić information content (AvgIpc) is 3.54. The van der Waals surface area contributed by atoms with E-state index in [0.29, 0.717) is 0 Å². The molecule has 6 aromatic rings. The maximum Gasteiger partial charge on any atom is 4.00 e. The smallest absolute Gasteiger partial charge is 1.00 e. The Labute approximate surface area is 208 Å². The van der Waals surface area contributed by atoms with Crippen LogP contribution in [0.1, 0.15) is 0 Å². The Kier molecular flexibility index (Phi) is 8.97. The molecule has 31 heavy (non-hydrogen) atoms. The molecule has 0 aliphatic carbocycles. The van der Waals surface area contributed by atoms with Crippen molar-refractivity contribution < 1.29 is 55.4 Å². The van der Waals surface area contributed by atoms with E-state index in [4.69, 9.17) is 8.83 Å².